The van der Waals surface area contributed by atoms with Crippen molar-refractivity contribution < 1.29 is 19.2 Å². The second-order valence-corrected chi connectivity index (χ2v) is 5.31. The quantitative estimate of drug-likeness (QED) is 0.804. The number of quaternary nitrogens is 1. The Morgan fingerprint density at radius 2 is 2.00 bits per heavy atom. The molecule has 0 bridgehead atoms. The molecule has 1 heterocycles. The molecule has 0 saturated carbocycles. The van der Waals surface area contributed by atoms with Crippen molar-refractivity contribution in [2.24, 2.45) is 0 Å². The van der Waals surface area contributed by atoms with Crippen LogP contribution in [0, 0.1) is 0 Å². The first-order chi connectivity index (χ1) is 10.3. The molecule has 0 unspecified atom stereocenters. The van der Waals surface area contributed by atoms with Gasteiger partial charge >= 0.3 is 6.09 Å². The Bertz CT molecular complexity index is 445. The zero-order valence-corrected chi connectivity index (χ0v) is 12.7. The monoisotopic (exact) mass is 293 g/mol. The zero-order chi connectivity index (χ0) is 14.9. The summed E-state index contributed by atoms with van der Waals surface area (Å²) in [7, 11) is 0. The first kappa shape index (κ1) is 15.6. The molecule has 2 N–H and O–H groups in total. The third kappa shape index (κ3) is 5.27. The van der Waals surface area contributed by atoms with Crippen LogP contribution < -0.4 is 15.0 Å². The Kier molecular flexibility index (Phi) is 6.34. The minimum absolute atomic E-state index is 0.416. The summed E-state index contributed by atoms with van der Waals surface area (Å²) in [5.74, 6) is 0.682. The van der Waals surface area contributed by atoms with E-state index >= 15 is 0 Å². The fourth-order valence-corrected chi connectivity index (χ4v) is 2.47. The Balaban J connectivity index is 1.76. The highest BCUT2D eigenvalue weighted by Crippen LogP contribution is 2.23. The summed E-state index contributed by atoms with van der Waals surface area (Å²) in [6, 6.07) is 7.42. The van der Waals surface area contributed by atoms with Gasteiger partial charge in [-0.25, -0.2) is 4.79 Å². The third-order valence-corrected chi connectivity index (χ3v) is 3.58. The molecule has 0 spiro atoms. The van der Waals surface area contributed by atoms with E-state index in [1.165, 1.54) is 30.8 Å². The number of anilines is 1. The van der Waals surface area contributed by atoms with Gasteiger partial charge < -0.3 is 14.4 Å². The summed E-state index contributed by atoms with van der Waals surface area (Å²) in [5.41, 5.74) is 0.657. The molecule has 1 aromatic rings. The van der Waals surface area contributed by atoms with Gasteiger partial charge in [-0.1, -0.05) is 19.1 Å². The van der Waals surface area contributed by atoms with Crippen LogP contribution in [-0.2, 0) is 4.74 Å². The maximum absolute atomic E-state index is 11.8. The first-order valence-corrected chi connectivity index (χ1v) is 7.78. The lowest BCUT2D eigenvalue weighted by atomic mass is 10.3. The van der Waals surface area contributed by atoms with Gasteiger partial charge in [0.05, 0.1) is 25.4 Å². The van der Waals surface area contributed by atoms with Gasteiger partial charge in [0.25, 0.3) is 0 Å². The summed E-state index contributed by atoms with van der Waals surface area (Å²) in [4.78, 5) is 13.3. The van der Waals surface area contributed by atoms with E-state index in [1.54, 1.807) is 0 Å². The average Bonchev–Trinajstić information content (AvgIpc) is 2.99. The molecule has 0 radical (unpaired) electrons. The van der Waals surface area contributed by atoms with E-state index in [-0.39, 0.29) is 0 Å². The summed E-state index contributed by atoms with van der Waals surface area (Å²) < 4.78 is 10.8. The number of para-hydroxylation sites is 2. The number of hydrogen-bond acceptors (Lipinski definition) is 3. The average molecular weight is 293 g/mol. The SMILES string of the molecule is CCCOc1ccccc1NC(=O)OCC[NH+]1CCCC1. The van der Waals surface area contributed by atoms with E-state index in [9.17, 15) is 4.79 Å². The van der Waals surface area contributed by atoms with Crippen LogP contribution in [-0.4, -0.2) is 38.9 Å². The summed E-state index contributed by atoms with van der Waals surface area (Å²) in [6.07, 6.45) is 3.08. The van der Waals surface area contributed by atoms with Crippen molar-refractivity contribution in [1.29, 1.82) is 0 Å². The molecular weight excluding hydrogens is 268 g/mol. The van der Waals surface area contributed by atoms with E-state index in [4.69, 9.17) is 9.47 Å². The van der Waals surface area contributed by atoms with E-state index in [2.05, 4.69) is 5.32 Å². The molecule has 0 aromatic heterocycles. The number of ether oxygens (including phenoxy) is 2. The maximum atomic E-state index is 11.8. The number of carbonyl (C=O) groups is 1. The summed E-state index contributed by atoms with van der Waals surface area (Å²) in [6.45, 7) is 6.41. The molecule has 1 aliphatic heterocycles. The lowest BCUT2D eigenvalue weighted by Gasteiger charge is -2.14. The fourth-order valence-electron chi connectivity index (χ4n) is 2.47. The van der Waals surface area contributed by atoms with Crippen molar-refractivity contribution in [3.05, 3.63) is 24.3 Å². The van der Waals surface area contributed by atoms with E-state index in [0.717, 1.165) is 13.0 Å². The molecule has 1 amide bonds. The molecule has 1 fully saturated rings. The molecule has 1 aliphatic rings. The number of benzene rings is 1. The zero-order valence-electron chi connectivity index (χ0n) is 12.7. The molecule has 116 valence electrons. The summed E-state index contributed by atoms with van der Waals surface area (Å²) >= 11 is 0. The molecule has 0 atom stereocenters. The number of likely N-dealkylation sites (tertiary alicyclic amines) is 1. The van der Waals surface area contributed by atoms with Crippen LogP contribution in [0.25, 0.3) is 0 Å². The molecule has 5 heteroatoms. The van der Waals surface area contributed by atoms with Crippen LogP contribution in [0.15, 0.2) is 24.3 Å². The number of rotatable bonds is 7. The highest BCUT2D eigenvalue weighted by molar-refractivity contribution is 5.86. The van der Waals surface area contributed by atoms with Crippen LogP contribution in [0.5, 0.6) is 5.75 Å². The molecule has 21 heavy (non-hydrogen) atoms. The van der Waals surface area contributed by atoms with Crippen molar-refractivity contribution >= 4 is 11.8 Å². The predicted octanol–water partition coefficient (Wildman–Crippen LogP) is 1.70. The van der Waals surface area contributed by atoms with E-state index < -0.39 is 6.09 Å². The summed E-state index contributed by atoms with van der Waals surface area (Å²) in [5, 5.41) is 2.75. The van der Waals surface area contributed by atoms with Crippen molar-refractivity contribution in [1.82, 2.24) is 0 Å². The lowest BCUT2D eigenvalue weighted by Crippen LogP contribution is -3.10. The molecular formula is C16H25N2O3+. The highest BCUT2D eigenvalue weighted by Gasteiger charge is 2.15. The predicted molar refractivity (Wildman–Crippen MR) is 82.0 cm³/mol. The number of amides is 1. The van der Waals surface area contributed by atoms with Crippen molar-refractivity contribution in [2.75, 3.05) is 38.2 Å². The van der Waals surface area contributed by atoms with Crippen LogP contribution in [0.4, 0.5) is 10.5 Å². The van der Waals surface area contributed by atoms with Gasteiger partial charge in [-0.3, -0.25) is 5.32 Å². The standard InChI is InChI=1S/C16H24N2O3/c1-2-12-20-15-8-4-3-7-14(15)17-16(19)21-13-11-18-9-5-6-10-18/h3-4,7-8H,2,5-6,9-13H2,1H3,(H,17,19)/p+1. The van der Waals surface area contributed by atoms with Crippen LogP contribution in [0.3, 0.4) is 0 Å². The van der Waals surface area contributed by atoms with Gasteiger partial charge in [-0.2, -0.15) is 0 Å². The largest absolute Gasteiger partial charge is 0.491 e. The number of carbonyl (C=O) groups excluding carboxylic acids is 1. The number of nitrogens with one attached hydrogen (secondary N) is 2. The Labute approximate surface area is 126 Å². The van der Waals surface area contributed by atoms with Gasteiger partial charge in [-0.15, -0.1) is 0 Å². The smallest absolute Gasteiger partial charge is 0.411 e. The fraction of sp³-hybridized carbons (Fsp3) is 0.562. The Hall–Kier alpha value is -1.75. The van der Waals surface area contributed by atoms with Gasteiger partial charge in [-0.05, 0) is 18.6 Å². The topological polar surface area (TPSA) is 52.0 Å². The Morgan fingerprint density at radius 3 is 2.76 bits per heavy atom. The molecule has 5 nitrogen and oxygen atoms in total. The van der Waals surface area contributed by atoms with Crippen LogP contribution >= 0.6 is 0 Å². The van der Waals surface area contributed by atoms with Crippen LogP contribution in [0.1, 0.15) is 26.2 Å². The maximum Gasteiger partial charge on any atom is 0.411 e. The normalized spacial score (nSPS) is 14.9. The van der Waals surface area contributed by atoms with E-state index in [1.807, 2.05) is 31.2 Å². The van der Waals surface area contributed by atoms with Gasteiger partial charge in [0.1, 0.15) is 18.9 Å². The van der Waals surface area contributed by atoms with E-state index in [0.29, 0.717) is 24.7 Å². The minimum Gasteiger partial charge on any atom is -0.491 e. The lowest BCUT2D eigenvalue weighted by molar-refractivity contribution is -0.887. The van der Waals surface area contributed by atoms with Crippen molar-refractivity contribution in [2.45, 2.75) is 26.2 Å². The van der Waals surface area contributed by atoms with Crippen molar-refractivity contribution in [3.63, 3.8) is 0 Å². The van der Waals surface area contributed by atoms with Gasteiger partial charge in [0.2, 0.25) is 0 Å². The molecule has 2 rings (SSSR count). The number of hydrogen-bond donors (Lipinski definition) is 2. The third-order valence-electron chi connectivity index (χ3n) is 3.58. The van der Waals surface area contributed by atoms with Crippen LogP contribution in [0.2, 0.25) is 0 Å². The second kappa shape index (κ2) is 8.52. The first-order valence-electron chi connectivity index (χ1n) is 7.78. The molecule has 0 aliphatic carbocycles. The minimum atomic E-state index is -0.416. The Morgan fingerprint density at radius 1 is 1.24 bits per heavy atom. The highest BCUT2D eigenvalue weighted by atomic mass is 16.5. The second-order valence-electron chi connectivity index (χ2n) is 5.31. The van der Waals surface area contributed by atoms with Gasteiger partial charge in [0, 0.05) is 12.8 Å². The van der Waals surface area contributed by atoms with Gasteiger partial charge in [0.15, 0.2) is 0 Å². The molecule has 1 saturated heterocycles. The van der Waals surface area contributed by atoms with Crippen molar-refractivity contribution in [3.8, 4) is 5.75 Å². The molecule has 1 aromatic carbocycles.